The molecular weight excluding hydrogens is 560 g/mol. The van der Waals surface area contributed by atoms with E-state index >= 15 is 0 Å². The van der Waals surface area contributed by atoms with E-state index in [0.717, 1.165) is 55.0 Å². The summed E-state index contributed by atoms with van der Waals surface area (Å²) in [7, 11) is 0. The molecule has 0 aliphatic carbocycles. The van der Waals surface area contributed by atoms with Gasteiger partial charge in [0.05, 0.1) is 25.0 Å². The standard InChI is InChI=1S/C34H40N4O6/c1-22-8-6-9-23(2)31(22)33(41)37-19-25-17-36(18-26(25)20-37)14-13-28(24-10-4-3-5-11-24)35-34(42)44-30-16-27(39)21-38(30)32(40)29-12-7-15-43-29/h3-12,15,25-28,30,39H,13-14,16-21H2,1-2H3,(H,35,42)/t25-,26?,27?,28?,30?/m0/s1. The van der Waals surface area contributed by atoms with Gasteiger partial charge >= 0.3 is 6.09 Å². The third-order valence-corrected chi connectivity index (χ3v) is 9.24. The molecule has 3 saturated heterocycles. The molecule has 10 nitrogen and oxygen atoms in total. The number of hydrogen-bond donors (Lipinski definition) is 2. The summed E-state index contributed by atoms with van der Waals surface area (Å²) >= 11 is 0. The Morgan fingerprint density at radius 3 is 2.27 bits per heavy atom. The van der Waals surface area contributed by atoms with Crippen molar-refractivity contribution in [2.75, 3.05) is 39.3 Å². The van der Waals surface area contributed by atoms with Crippen LogP contribution >= 0.6 is 0 Å². The first-order valence-electron chi connectivity index (χ1n) is 15.4. The predicted molar refractivity (Wildman–Crippen MR) is 163 cm³/mol. The van der Waals surface area contributed by atoms with Gasteiger partial charge in [-0.05, 0) is 60.9 Å². The minimum absolute atomic E-state index is 0.0600. The van der Waals surface area contributed by atoms with Gasteiger partial charge in [-0.15, -0.1) is 0 Å². The topological polar surface area (TPSA) is 116 Å². The number of likely N-dealkylation sites (tertiary alicyclic amines) is 3. The normalized spacial score (nSPS) is 23.9. The summed E-state index contributed by atoms with van der Waals surface area (Å²) in [4.78, 5) is 45.1. The highest BCUT2D eigenvalue weighted by Crippen LogP contribution is 2.33. The number of hydrogen-bond acceptors (Lipinski definition) is 7. The Morgan fingerprint density at radius 2 is 1.61 bits per heavy atom. The van der Waals surface area contributed by atoms with Crippen LogP contribution in [0, 0.1) is 25.7 Å². The minimum Gasteiger partial charge on any atom is -0.459 e. The third kappa shape index (κ3) is 6.37. The number of aliphatic hydroxyl groups excluding tert-OH is 1. The van der Waals surface area contributed by atoms with Crippen molar-refractivity contribution in [3.8, 4) is 0 Å². The summed E-state index contributed by atoms with van der Waals surface area (Å²) < 4.78 is 10.9. The van der Waals surface area contributed by atoms with E-state index in [-0.39, 0.29) is 30.7 Å². The number of nitrogens with one attached hydrogen (secondary N) is 1. The number of aryl methyl sites for hydroxylation is 2. The number of β-amino-alcohol motifs (C(OH)–C–C–N with tert-alkyl or cyclic N) is 1. The fourth-order valence-corrected chi connectivity index (χ4v) is 7.01. The van der Waals surface area contributed by atoms with Crippen molar-refractivity contribution in [2.45, 2.75) is 45.1 Å². The molecule has 0 radical (unpaired) electrons. The Kier molecular flexibility index (Phi) is 8.72. The molecule has 0 bridgehead atoms. The third-order valence-electron chi connectivity index (χ3n) is 9.24. The zero-order valence-corrected chi connectivity index (χ0v) is 25.2. The highest BCUT2D eigenvalue weighted by molar-refractivity contribution is 5.97. The average molecular weight is 601 g/mol. The second kappa shape index (κ2) is 12.8. The van der Waals surface area contributed by atoms with Crippen LogP contribution in [0.25, 0.3) is 0 Å². The lowest BCUT2D eigenvalue weighted by atomic mass is 10.0. The van der Waals surface area contributed by atoms with E-state index in [1.165, 1.54) is 11.2 Å². The molecule has 2 N–H and O–H groups in total. The Labute approximate surface area is 257 Å². The Morgan fingerprint density at radius 1 is 0.909 bits per heavy atom. The van der Waals surface area contributed by atoms with Gasteiger partial charge in [0.25, 0.3) is 11.8 Å². The molecule has 3 fully saturated rings. The molecular formula is C34H40N4O6. The fraction of sp³-hybridized carbons (Fsp3) is 0.441. The van der Waals surface area contributed by atoms with Crippen LogP contribution in [0.3, 0.4) is 0 Å². The van der Waals surface area contributed by atoms with E-state index in [4.69, 9.17) is 9.15 Å². The van der Waals surface area contributed by atoms with Gasteiger partial charge < -0.3 is 29.4 Å². The van der Waals surface area contributed by atoms with Gasteiger partial charge in [0.15, 0.2) is 12.0 Å². The summed E-state index contributed by atoms with van der Waals surface area (Å²) in [6, 6.07) is 18.6. The number of carbonyl (C=O) groups excluding carboxylic acids is 3. The summed E-state index contributed by atoms with van der Waals surface area (Å²) in [5, 5.41) is 13.2. The van der Waals surface area contributed by atoms with Crippen LogP contribution in [0.5, 0.6) is 0 Å². The smallest absolute Gasteiger partial charge is 0.409 e. The summed E-state index contributed by atoms with van der Waals surface area (Å²) in [5.74, 6) is 0.694. The van der Waals surface area contributed by atoms with E-state index < -0.39 is 24.3 Å². The molecule has 4 unspecified atom stereocenters. The molecule has 1 aromatic heterocycles. The second-order valence-electron chi connectivity index (χ2n) is 12.3. The molecule has 3 aromatic rings. The van der Waals surface area contributed by atoms with Crippen molar-refractivity contribution in [1.29, 1.82) is 0 Å². The molecule has 0 spiro atoms. The summed E-state index contributed by atoms with van der Waals surface area (Å²) in [6.07, 6.45) is -0.123. The highest BCUT2D eigenvalue weighted by atomic mass is 16.6. The average Bonchev–Trinajstić information content (AvgIpc) is 3.80. The van der Waals surface area contributed by atoms with E-state index in [2.05, 4.69) is 10.2 Å². The first-order valence-corrected chi connectivity index (χ1v) is 15.4. The Balaban J connectivity index is 1.04. The number of benzene rings is 2. The van der Waals surface area contributed by atoms with Crippen molar-refractivity contribution in [1.82, 2.24) is 20.0 Å². The number of rotatable bonds is 8. The van der Waals surface area contributed by atoms with Gasteiger partial charge in [-0.2, -0.15) is 0 Å². The number of carbonyl (C=O) groups is 3. The van der Waals surface area contributed by atoms with Gasteiger partial charge in [0.2, 0.25) is 0 Å². The molecule has 2 aromatic carbocycles. The lowest BCUT2D eigenvalue weighted by molar-refractivity contribution is 0.0110. The maximum absolute atomic E-state index is 13.4. The maximum Gasteiger partial charge on any atom is 0.409 e. The van der Waals surface area contributed by atoms with Gasteiger partial charge in [0.1, 0.15) is 0 Å². The predicted octanol–water partition coefficient (Wildman–Crippen LogP) is 3.99. The summed E-state index contributed by atoms with van der Waals surface area (Å²) in [5.41, 5.74) is 3.83. The maximum atomic E-state index is 13.4. The van der Waals surface area contributed by atoms with Crippen molar-refractivity contribution >= 4 is 17.9 Å². The van der Waals surface area contributed by atoms with E-state index in [1.54, 1.807) is 12.1 Å². The molecule has 6 rings (SSSR count). The Hall–Kier alpha value is -4.15. The number of amides is 3. The van der Waals surface area contributed by atoms with E-state index in [9.17, 15) is 19.5 Å². The molecule has 3 amide bonds. The van der Waals surface area contributed by atoms with Crippen LogP contribution < -0.4 is 5.32 Å². The van der Waals surface area contributed by atoms with Gasteiger partial charge in [-0.1, -0.05) is 48.5 Å². The number of ether oxygens (including phenoxy) is 1. The van der Waals surface area contributed by atoms with Crippen molar-refractivity contribution in [2.24, 2.45) is 11.8 Å². The largest absolute Gasteiger partial charge is 0.459 e. The fourth-order valence-electron chi connectivity index (χ4n) is 7.01. The first kappa shape index (κ1) is 29.9. The SMILES string of the molecule is Cc1cccc(C)c1C(=O)N1CC2CN(CCC(NC(=O)OC3CC(O)CN3C(=O)c3ccco3)c3ccccc3)C[C@H]2C1. The number of furan rings is 1. The van der Waals surface area contributed by atoms with Crippen molar-refractivity contribution in [3.05, 3.63) is 94.9 Å². The molecule has 232 valence electrons. The van der Waals surface area contributed by atoms with Crippen molar-refractivity contribution < 1.29 is 28.6 Å². The quantitative estimate of drug-likeness (QED) is 0.402. The number of fused-ring (bicyclic) bond motifs is 1. The van der Waals surface area contributed by atoms with Crippen LogP contribution in [-0.4, -0.2) is 89.3 Å². The molecule has 44 heavy (non-hydrogen) atoms. The number of aliphatic hydroxyl groups is 1. The van der Waals surface area contributed by atoms with Crippen LogP contribution in [0.15, 0.2) is 71.3 Å². The van der Waals surface area contributed by atoms with Crippen LogP contribution in [0.4, 0.5) is 4.79 Å². The Bertz CT molecular complexity index is 1440. The molecule has 3 aliphatic rings. The van der Waals surface area contributed by atoms with Crippen LogP contribution in [-0.2, 0) is 4.74 Å². The highest BCUT2D eigenvalue weighted by Gasteiger charge is 2.42. The summed E-state index contributed by atoms with van der Waals surface area (Å²) in [6.45, 7) is 8.20. The first-order chi connectivity index (χ1) is 21.3. The lowest BCUT2D eigenvalue weighted by Gasteiger charge is -2.27. The number of nitrogens with zero attached hydrogens (tertiary/aromatic N) is 3. The van der Waals surface area contributed by atoms with Crippen molar-refractivity contribution in [3.63, 3.8) is 0 Å². The molecule has 3 aliphatic heterocycles. The molecule has 4 heterocycles. The van der Waals surface area contributed by atoms with Crippen LogP contribution in [0.2, 0.25) is 0 Å². The van der Waals surface area contributed by atoms with Gasteiger partial charge in [-0.25, -0.2) is 4.79 Å². The second-order valence-corrected chi connectivity index (χ2v) is 12.3. The number of alkyl carbamates (subject to hydrolysis) is 1. The monoisotopic (exact) mass is 600 g/mol. The zero-order chi connectivity index (χ0) is 30.8. The van der Waals surface area contributed by atoms with E-state index in [1.807, 2.05) is 67.3 Å². The van der Waals surface area contributed by atoms with Gasteiger partial charge in [-0.3, -0.25) is 14.5 Å². The lowest BCUT2D eigenvalue weighted by Crippen LogP contribution is -2.41. The van der Waals surface area contributed by atoms with Crippen LogP contribution in [0.1, 0.15) is 56.5 Å². The molecule has 0 saturated carbocycles. The zero-order valence-electron chi connectivity index (χ0n) is 25.2. The molecule has 5 atom stereocenters. The molecule has 10 heteroatoms. The van der Waals surface area contributed by atoms with E-state index in [0.29, 0.717) is 18.3 Å². The van der Waals surface area contributed by atoms with Gasteiger partial charge in [0, 0.05) is 44.7 Å². The minimum atomic E-state index is -0.897.